The molecule has 0 unspecified atom stereocenters. The minimum Gasteiger partial charge on any atom is -0.432 e. The van der Waals surface area contributed by atoms with E-state index in [9.17, 15) is 8.78 Å². The summed E-state index contributed by atoms with van der Waals surface area (Å²) in [5, 5.41) is 0. The number of benzene rings is 1. The number of fused-ring (bicyclic) bond motifs is 1. The number of aromatic nitrogens is 2. The second kappa shape index (κ2) is 4.38. The summed E-state index contributed by atoms with van der Waals surface area (Å²) in [6.45, 7) is -0.926. The molecule has 0 amide bonds. The van der Waals surface area contributed by atoms with Crippen molar-refractivity contribution in [3.05, 3.63) is 30.1 Å². The third-order valence-electron chi connectivity index (χ3n) is 2.16. The van der Waals surface area contributed by atoms with Crippen LogP contribution in [0.1, 0.15) is 12.6 Å². The minimum atomic E-state index is -2.85. The number of para-hydroxylation sites is 1. The van der Waals surface area contributed by atoms with Gasteiger partial charge in [0.2, 0.25) is 0 Å². The van der Waals surface area contributed by atoms with Crippen molar-refractivity contribution >= 4 is 11.0 Å². The van der Waals surface area contributed by atoms with Crippen molar-refractivity contribution in [2.24, 2.45) is 0 Å². The first-order valence-corrected chi connectivity index (χ1v) is 4.90. The van der Waals surface area contributed by atoms with E-state index >= 15 is 0 Å². The van der Waals surface area contributed by atoms with Gasteiger partial charge in [-0.3, -0.25) is 4.98 Å². The molecule has 0 fully saturated rings. The number of alkyl halides is 2. The summed E-state index contributed by atoms with van der Waals surface area (Å²) < 4.78 is 28.7. The fourth-order valence-electron chi connectivity index (χ4n) is 1.41. The van der Waals surface area contributed by atoms with Crippen molar-refractivity contribution < 1.29 is 13.5 Å². The highest BCUT2D eigenvalue weighted by molar-refractivity contribution is 5.80. The summed E-state index contributed by atoms with van der Waals surface area (Å²) in [5.74, 6) is 0.0651. The number of rotatable bonds is 3. The van der Waals surface area contributed by atoms with Crippen LogP contribution in [0.5, 0.6) is 5.75 Å². The average molecular weight is 224 g/mol. The van der Waals surface area contributed by atoms with Crippen LogP contribution in [0, 0.1) is 0 Å². The van der Waals surface area contributed by atoms with Gasteiger partial charge in [0.1, 0.15) is 5.52 Å². The molecule has 0 radical (unpaired) electrons. The van der Waals surface area contributed by atoms with Crippen molar-refractivity contribution in [1.82, 2.24) is 9.97 Å². The van der Waals surface area contributed by atoms with Crippen molar-refractivity contribution in [1.29, 1.82) is 0 Å². The first-order chi connectivity index (χ1) is 7.70. The Morgan fingerprint density at radius 1 is 1.38 bits per heavy atom. The molecule has 0 aliphatic heterocycles. The maximum atomic E-state index is 12.2. The Hall–Kier alpha value is -1.78. The fourth-order valence-corrected chi connectivity index (χ4v) is 1.41. The molecular weight excluding hydrogens is 214 g/mol. The highest BCUT2D eigenvalue weighted by atomic mass is 19.3. The van der Waals surface area contributed by atoms with Crippen LogP contribution in [0.2, 0.25) is 0 Å². The van der Waals surface area contributed by atoms with Gasteiger partial charge < -0.3 is 4.74 Å². The summed E-state index contributed by atoms with van der Waals surface area (Å²) in [4.78, 5) is 8.36. The molecule has 1 aromatic heterocycles. The van der Waals surface area contributed by atoms with Crippen molar-refractivity contribution in [2.45, 2.75) is 20.0 Å². The van der Waals surface area contributed by atoms with E-state index in [0.29, 0.717) is 17.5 Å². The van der Waals surface area contributed by atoms with E-state index in [-0.39, 0.29) is 5.75 Å². The topological polar surface area (TPSA) is 35.0 Å². The zero-order valence-electron chi connectivity index (χ0n) is 8.65. The molecule has 16 heavy (non-hydrogen) atoms. The first kappa shape index (κ1) is 10.7. The molecule has 0 spiro atoms. The highest BCUT2D eigenvalue weighted by Crippen LogP contribution is 2.23. The number of aryl methyl sites for hydroxylation is 1. The number of ether oxygens (including phenoxy) is 1. The fraction of sp³-hybridized carbons (Fsp3) is 0.273. The van der Waals surface area contributed by atoms with Gasteiger partial charge in [-0.1, -0.05) is 13.0 Å². The summed E-state index contributed by atoms with van der Waals surface area (Å²) in [5.41, 5.74) is 1.68. The number of hydrogen-bond donors (Lipinski definition) is 0. The lowest BCUT2D eigenvalue weighted by Gasteiger charge is -2.07. The van der Waals surface area contributed by atoms with Gasteiger partial charge in [-0.15, -0.1) is 0 Å². The standard InChI is InChI=1S/C11H10F2N2O/c1-2-7-6-14-8-4-3-5-9(10(8)15-7)16-11(12)13/h3-6,11H,2H2,1H3. The van der Waals surface area contributed by atoms with Crippen molar-refractivity contribution in [2.75, 3.05) is 0 Å². The third-order valence-corrected chi connectivity index (χ3v) is 2.16. The summed E-state index contributed by atoms with van der Waals surface area (Å²) in [7, 11) is 0. The maximum Gasteiger partial charge on any atom is 0.387 e. The minimum absolute atomic E-state index is 0.0651. The number of hydrogen-bond acceptors (Lipinski definition) is 3. The zero-order valence-corrected chi connectivity index (χ0v) is 8.65. The zero-order chi connectivity index (χ0) is 11.5. The van der Waals surface area contributed by atoms with Gasteiger partial charge in [0, 0.05) is 6.20 Å². The van der Waals surface area contributed by atoms with E-state index in [1.807, 2.05) is 6.92 Å². The Balaban J connectivity index is 2.55. The molecule has 3 nitrogen and oxygen atoms in total. The predicted molar refractivity (Wildman–Crippen MR) is 55.5 cm³/mol. The van der Waals surface area contributed by atoms with Crippen LogP contribution in [0.3, 0.4) is 0 Å². The molecule has 84 valence electrons. The molecule has 0 bridgehead atoms. The molecule has 0 saturated carbocycles. The van der Waals surface area contributed by atoms with E-state index in [1.54, 1.807) is 18.3 Å². The Bertz CT molecular complexity index is 502. The van der Waals surface area contributed by atoms with Crippen LogP contribution in [0.15, 0.2) is 24.4 Å². The lowest BCUT2D eigenvalue weighted by atomic mass is 10.2. The van der Waals surface area contributed by atoms with E-state index in [4.69, 9.17) is 0 Å². The molecular formula is C11H10F2N2O. The van der Waals surface area contributed by atoms with Gasteiger partial charge in [0.15, 0.2) is 5.75 Å². The lowest BCUT2D eigenvalue weighted by molar-refractivity contribution is -0.0489. The average Bonchev–Trinajstić information content (AvgIpc) is 2.28. The Kier molecular flexibility index (Phi) is 2.94. The molecule has 0 atom stereocenters. The smallest absolute Gasteiger partial charge is 0.387 e. The van der Waals surface area contributed by atoms with Gasteiger partial charge in [0.25, 0.3) is 0 Å². The molecule has 0 N–H and O–H groups in total. The number of halogens is 2. The Morgan fingerprint density at radius 3 is 2.88 bits per heavy atom. The SMILES string of the molecule is CCc1cnc2cccc(OC(F)F)c2n1. The normalized spacial score (nSPS) is 11.0. The highest BCUT2D eigenvalue weighted by Gasteiger charge is 2.10. The molecule has 0 saturated heterocycles. The third kappa shape index (κ3) is 2.08. The van der Waals surface area contributed by atoms with Crippen LogP contribution in [0.4, 0.5) is 8.78 Å². The van der Waals surface area contributed by atoms with Gasteiger partial charge in [-0.05, 0) is 18.6 Å². The second-order valence-corrected chi connectivity index (χ2v) is 3.22. The summed E-state index contributed by atoms with van der Waals surface area (Å²) in [6.07, 6.45) is 2.33. The molecule has 1 aromatic carbocycles. The molecule has 2 aromatic rings. The van der Waals surface area contributed by atoms with Gasteiger partial charge in [0.05, 0.1) is 11.2 Å². The van der Waals surface area contributed by atoms with E-state index in [2.05, 4.69) is 14.7 Å². The van der Waals surface area contributed by atoms with Crippen molar-refractivity contribution in [3.8, 4) is 5.75 Å². The quantitative estimate of drug-likeness (QED) is 0.804. The van der Waals surface area contributed by atoms with E-state index in [0.717, 1.165) is 5.69 Å². The molecule has 0 aliphatic carbocycles. The van der Waals surface area contributed by atoms with Gasteiger partial charge in [-0.2, -0.15) is 8.78 Å². The Labute approximate surface area is 91.1 Å². The van der Waals surface area contributed by atoms with Crippen LogP contribution < -0.4 is 4.74 Å². The second-order valence-electron chi connectivity index (χ2n) is 3.22. The predicted octanol–water partition coefficient (Wildman–Crippen LogP) is 2.79. The lowest BCUT2D eigenvalue weighted by Crippen LogP contribution is -2.03. The summed E-state index contributed by atoms with van der Waals surface area (Å²) >= 11 is 0. The Morgan fingerprint density at radius 2 is 2.19 bits per heavy atom. The van der Waals surface area contributed by atoms with E-state index in [1.165, 1.54) is 6.07 Å². The van der Waals surface area contributed by atoms with Crippen LogP contribution in [0.25, 0.3) is 11.0 Å². The monoisotopic (exact) mass is 224 g/mol. The molecule has 5 heteroatoms. The van der Waals surface area contributed by atoms with E-state index < -0.39 is 6.61 Å². The molecule has 2 rings (SSSR count). The van der Waals surface area contributed by atoms with Crippen molar-refractivity contribution in [3.63, 3.8) is 0 Å². The van der Waals surface area contributed by atoms with Crippen LogP contribution >= 0.6 is 0 Å². The molecule has 0 aliphatic rings. The molecule has 1 heterocycles. The van der Waals surface area contributed by atoms with Crippen LogP contribution in [-0.2, 0) is 6.42 Å². The number of nitrogens with zero attached hydrogens (tertiary/aromatic N) is 2. The first-order valence-electron chi connectivity index (χ1n) is 4.90. The van der Waals surface area contributed by atoms with Gasteiger partial charge >= 0.3 is 6.61 Å². The van der Waals surface area contributed by atoms with Gasteiger partial charge in [-0.25, -0.2) is 4.98 Å². The maximum absolute atomic E-state index is 12.2. The van der Waals surface area contributed by atoms with Crippen LogP contribution in [-0.4, -0.2) is 16.6 Å². The summed E-state index contributed by atoms with van der Waals surface area (Å²) in [6, 6.07) is 4.78. The largest absolute Gasteiger partial charge is 0.432 e.